The highest BCUT2D eigenvalue weighted by Crippen LogP contribution is 2.18. The van der Waals surface area contributed by atoms with Crippen molar-refractivity contribution >= 4 is 32.5 Å². The van der Waals surface area contributed by atoms with Gasteiger partial charge in [0.15, 0.2) is 9.84 Å². The number of sulfone groups is 1. The van der Waals surface area contributed by atoms with Crippen molar-refractivity contribution in [1.82, 2.24) is 14.5 Å². The van der Waals surface area contributed by atoms with Crippen molar-refractivity contribution in [2.45, 2.75) is 6.54 Å². The number of aromatic amines is 1. The SMILES string of the molecule is Cn1c(=O)[nH]c2ccc(NC(=O)c3cccc(CN4CCS(=O)(=O)CC4)c3)cc21. The quantitative estimate of drug-likeness (QED) is 0.671. The molecule has 4 rings (SSSR count). The Hall–Kier alpha value is -2.91. The summed E-state index contributed by atoms with van der Waals surface area (Å²) in [6, 6.07) is 12.6. The van der Waals surface area contributed by atoms with E-state index in [-0.39, 0.29) is 23.1 Å². The summed E-state index contributed by atoms with van der Waals surface area (Å²) in [5.74, 6) is 0.113. The summed E-state index contributed by atoms with van der Waals surface area (Å²) in [5.41, 5.74) is 3.30. The number of imidazole rings is 1. The van der Waals surface area contributed by atoms with Gasteiger partial charge in [-0.15, -0.1) is 0 Å². The number of nitrogens with zero attached hydrogens (tertiary/aromatic N) is 2. The third kappa shape index (κ3) is 4.25. The molecular weight excluding hydrogens is 392 g/mol. The Morgan fingerprint density at radius 3 is 2.66 bits per heavy atom. The molecule has 0 unspecified atom stereocenters. The van der Waals surface area contributed by atoms with Gasteiger partial charge in [-0.3, -0.25) is 14.3 Å². The normalized spacial score (nSPS) is 16.7. The molecule has 8 nitrogen and oxygen atoms in total. The van der Waals surface area contributed by atoms with E-state index < -0.39 is 9.84 Å². The molecule has 2 N–H and O–H groups in total. The molecule has 1 saturated heterocycles. The van der Waals surface area contributed by atoms with Crippen LogP contribution >= 0.6 is 0 Å². The first-order valence-electron chi connectivity index (χ1n) is 9.32. The standard InChI is InChI=1S/C20H22N4O4S/c1-23-18-12-16(5-6-17(18)22-20(23)26)21-19(25)15-4-2-3-14(11-15)13-24-7-9-29(27,28)10-8-24/h2-6,11-12H,7-10,13H2,1H3,(H,21,25)(H,22,26). The maximum atomic E-state index is 12.7. The molecule has 1 aliphatic rings. The summed E-state index contributed by atoms with van der Waals surface area (Å²) in [7, 11) is -1.24. The van der Waals surface area contributed by atoms with Gasteiger partial charge in [0.05, 0.1) is 22.5 Å². The number of aromatic nitrogens is 2. The van der Waals surface area contributed by atoms with Gasteiger partial charge in [0.25, 0.3) is 5.91 Å². The minimum atomic E-state index is -2.91. The summed E-state index contributed by atoms with van der Waals surface area (Å²) < 4.78 is 24.6. The fourth-order valence-corrected chi connectivity index (χ4v) is 4.76. The van der Waals surface area contributed by atoms with Crippen LogP contribution in [0.3, 0.4) is 0 Å². The Kier molecular flexibility index (Phi) is 5.01. The van der Waals surface area contributed by atoms with Crippen LogP contribution in [0.2, 0.25) is 0 Å². The molecule has 29 heavy (non-hydrogen) atoms. The lowest BCUT2D eigenvalue weighted by Crippen LogP contribution is -2.39. The highest BCUT2D eigenvalue weighted by molar-refractivity contribution is 7.91. The number of hydrogen-bond acceptors (Lipinski definition) is 5. The molecule has 152 valence electrons. The van der Waals surface area contributed by atoms with Crippen LogP contribution < -0.4 is 11.0 Å². The molecule has 1 aliphatic heterocycles. The molecule has 0 radical (unpaired) electrons. The molecule has 2 aromatic carbocycles. The second-order valence-electron chi connectivity index (χ2n) is 7.30. The molecular formula is C20H22N4O4S. The topological polar surface area (TPSA) is 104 Å². The molecule has 0 saturated carbocycles. The number of benzene rings is 2. The van der Waals surface area contributed by atoms with Crippen molar-refractivity contribution in [3.63, 3.8) is 0 Å². The number of carbonyl (C=O) groups is 1. The highest BCUT2D eigenvalue weighted by Gasteiger charge is 2.21. The van der Waals surface area contributed by atoms with Crippen molar-refractivity contribution in [2.75, 3.05) is 29.9 Å². The van der Waals surface area contributed by atoms with E-state index in [0.29, 0.717) is 41.9 Å². The smallest absolute Gasteiger partial charge is 0.322 e. The van der Waals surface area contributed by atoms with E-state index in [1.54, 1.807) is 31.3 Å². The van der Waals surface area contributed by atoms with Gasteiger partial charge in [-0.2, -0.15) is 0 Å². The Morgan fingerprint density at radius 2 is 1.90 bits per heavy atom. The molecule has 2 heterocycles. The number of amides is 1. The summed E-state index contributed by atoms with van der Waals surface area (Å²) in [6.07, 6.45) is 0. The first-order valence-corrected chi connectivity index (χ1v) is 11.1. The van der Waals surface area contributed by atoms with Crippen molar-refractivity contribution < 1.29 is 13.2 Å². The molecule has 0 aliphatic carbocycles. The van der Waals surface area contributed by atoms with Crippen LogP contribution in [-0.2, 0) is 23.4 Å². The van der Waals surface area contributed by atoms with E-state index in [1.165, 1.54) is 4.57 Å². The van der Waals surface area contributed by atoms with Crippen molar-refractivity contribution in [2.24, 2.45) is 7.05 Å². The highest BCUT2D eigenvalue weighted by atomic mass is 32.2. The molecule has 9 heteroatoms. The van der Waals surface area contributed by atoms with Gasteiger partial charge in [0.1, 0.15) is 0 Å². The first-order chi connectivity index (χ1) is 13.8. The van der Waals surface area contributed by atoms with Crippen LogP contribution in [0, 0.1) is 0 Å². The van der Waals surface area contributed by atoms with Gasteiger partial charge < -0.3 is 10.3 Å². The van der Waals surface area contributed by atoms with Gasteiger partial charge in [-0.25, -0.2) is 13.2 Å². The monoisotopic (exact) mass is 414 g/mol. The summed E-state index contributed by atoms with van der Waals surface area (Å²) >= 11 is 0. The van der Waals surface area contributed by atoms with Gasteiger partial charge >= 0.3 is 5.69 Å². The van der Waals surface area contributed by atoms with Crippen LogP contribution in [-0.4, -0.2) is 53.4 Å². The fourth-order valence-electron chi connectivity index (χ4n) is 3.48. The Labute approximate surface area is 168 Å². The average molecular weight is 414 g/mol. The zero-order valence-corrected chi connectivity index (χ0v) is 16.8. The maximum absolute atomic E-state index is 12.7. The summed E-state index contributed by atoms with van der Waals surface area (Å²) in [4.78, 5) is 29.2. The summed E-state index contributed by atoms with van der Waals surface area (Å²) in [6.45, 7) is 1.62. The van der Waals surface area contributed by atoms with Gasteiger partial charge in [-0.1, -0.05) is 12.1 Å². The molecule has 1 aromatic heterocycles. The summed E-state index contributed by atoms with van der Waals surface area (Å²) in [5, 5.41) is 2.87. The second kappa shape index (κ2) is 7.49. The number of carbonyl (C=O) groups excluding carboxylic acids is 1. The minimum absolute atomic E-state index is 0.178. The van der Waals surface area contributed by atoms with Crippen molar-refractivity contribution in [1.29, 1.82) is 0 Å². The van der Waals surface area contributed by atoms with Crippen LogP contribution in [0.5, 0.6) is 0 Å². The van der Waals surface area contributed by atoms with E-state index in [1.807, 2.05) is 18.2 Å². The third-order valence-corrected chi connectivity index (χ3v) is 6.80. The molecule has 1 fully saturated rings. The second-order valence-corrected chi connectivity index (χ2v) is 9.61. The number of H-pyrrole nitrogens is 1. The zero-order valence-electron chi connectivity index (χ0n) is 16.0. The molecule has 0 bridgehead atoms. The molecule has 0 spiro atoms. The number of anilines is 1. The van der Waals surface area contributed by atoms with Crippen LogP contribution in [0.25, 0.3) is 11.0 Å². The lowest BCUT2D eigenvalue weighted by Gasteiger charge is -2.26. The lowest BCUT2D eigenvalue weighted by molar-refractivity contribution is 0.102. The van der Waals surface area contributed by atoms with Crippen molar-refractivity contribution in [3.8, 4) is 0 Å². The Bertz CT molecular complexity index is 1230. The lowest BCUT2D eigenvalue weighted by atomic mass is 10.1. The van der Waals surface area contributed by atoms with E-state index in [4.69, 9.17) is 0 Å². The van der Waals surface area contributed by atoms with Crippen molar-refractivity contribution in [3.05, 3.63) is 64.1 Å². The number of nitrogens with one attached hydrogen (secondary N) is 2. The van der Waals surface area contributed by atoms with E-state index >= 15 is 0 Å². The van der Waals surface area contributed by atoms with E-state index in [0.717, 1.165) is 5.56 Å². The van der Waals surface area contributed by atoms with Crippen LogP contribution in [0.4, 0.5) is 5.69 Å². The Balaban J connectivity index is 1.47. The number of fused-ring (bicyclic) bond motifs is 1. The fraction of sp³-hybridized carbons (Fsp3) is 0.300. The Morgan fingerprint density at radius 1 is 1.14 bits per heavy atom. The first kappa shape index (κ1) is 19.4. The number of hydrogen-bond donors (Lipinski definition) is 2. The predicted molar refractivity (Wildman–Crippen MR) is 112 cm³/mol. The van der Waals surface area contributed by atoms with E-state index in [2.05, 4.69) is 15.2 Å². The van der Waals surface area contributed by atoms with Crippen LogP contribution in [0.15, 0.2) is 47.3 Å². The van der Waals surface area contributed by atoms with Gasteiger partial charge in [-0.05, 0) is 35.9 Å². The van der Waals surface area contributed by atoms with E-state index in [9.17, 15) is 18.0 Å². The predicted octanol–water partition coefficient (Wildman–Crippen LogP) is 1.35. The minimum Gasteiger partial charge on any atom is -0.322 e. The van der Waals surface area contributed by atoms with Gasteiger partial charge in [0, 0.05) is 37.9 Å². The maximum Gasteiger partial charge on any atom is 0.326 e. The average Bonchev–Trinajstić information content (AvgIpc) is 2.98. The number of aryl methyl sites for hydroxylation is 1. The molecule has 1 amide bonds. The number of rotatable bonds is 4. The largest absolute Gasteiger partial charge is 0.326 e. The zero-order chi connectivity index (χ0) is 20.6. The third-order valence-electron chi connectivity index (χ3n) is 5.20. The van der Waals surface area contributed by atoms with Gasteiger partial charge in [0.2, 0.25) is 0 Å². The molecule has 0 atom stereocenters. The van der Waals surface area contributed by atoms with Crippen LogP contribution in [0.1, 0.15) is 15.9 Å². The molecule has 3 aromatic rings.